The molecule has 0 N–H and O–H groups in total. The number of hydrogen-bond acceptors (Lipinski definition) is 7. The second-order valence-electron chi connectivity index (χ2n) is 7.74. The molecule has 3 aromatic rings. The number of nitrogens with zero attached hydrogens (tertiary/aromatic N) is 1. The highest BCUT2D eigenvalue weighted by Gasteiger charge is 2.31. The second kappa shape index (κ2) is 10.6. The van der Waals surface area contributed by atoms with Crippen molar-refractivity contribution in [1.29, 1.82) is 0 Å². The minimum absolute atomic E-state index is 0.00529. The van der Waals surface area contributed by atoms with E-state index in [1.165, 1.54) is 6.07 Å². The summed E-state index contributed by atoms with van der Waals surface area (Å²) in [5, 5.41) is 0. The number of carbonyl (C=O) groups excluding carboxylic acids is 1. The van der Waals surface area contributed by atoms with Gasteiger partial charge in [0, 0.05) is 6.07 Å². The lowest BCUT2D eigenvalue weighted by Crippen LogP contribution is -2.37. The molecule has 3 aromatic carbocycles. The summed E-state index contributed by atoms with van der Waals surface area (Å²) in [4.78, 5) is 13.0. The van der Waals surface area contributed by atoms with E-state index in [-0.39, 0.29) is 30.8 Å². The Morgan fingerprint density at radius 2 is 1.56 bits per heavy atom. The van der Waals surface area contributed by atoms with E-state index in [1.54, 1.807) is 36.4 Å². The van der Waals surface area contributed by atoms with E-state index in [0.717, 1.165) is 17.4 Å². The molecule has 1 fully saturated rings. The maximum Gasteiger partial charge on any atom is 0.428 e. The smallest absolute Gasteiger partial charge is 0.428 e. The summed E-state index contributed by atoms with van der Waals surface area (Å²) in [6.45, 7) is 1.04. The monoisotopic (exact) mass is 483 g/mol. The van der Waals surface area contributed by atoms with E-state index >= 15 is 0 Å². The molecule has 0 aromatic heterocycles. The maximum absolute atomic E-state index is 13.0. The normalized spacial score (nSPS) is 14.8. The lowest BCUT2D eigenvalue weighted by atomic mass is 10.2. The summed E-state index contributed by atoms with van der Waals surface area (Å²) in [6.07, 6.45) is -0.0959. The molecule has 0 aliphatic carbocycles. The first-order valence-corrected chi connectivity index (χ1v) is 12.5. The Hall–Kier alpha value is -3.56. The molecule has 4 rings (SSSR count). The van der Waals surface area contributed by atoms with Crippen LogP contribution in [0, 0.1) is 0 Å². The van der Waals surface area contributed by atoms with Crippen LogP contribution in [0.1, 0.15) is 11.1 Å². The van der Waals surface area contributed by atoms with Crippen LogP contribution in [-0.4, -0.2) is 40.1 Å². The molecule has 1 saturated heterocycles. The van der Waals surface area contributed by atoms with Crippen LogP contribution < -0.4 is 13.8 Å². The first-order chi connectivity index (χ1) is 16.4. The van der Waals surface area contributed by atoms with Gasteiger partial charge in [0.1, 0.15) is 43.1 Å². The van der Waals surface area contributed by atoms with Crippen LogP contribution in [0.4, 0.5) is 10.5 Å². The van der Waals surface area contributed by atoms with Gasteiger partial charge in [0.15, 0.2) is 0 Å². The number of ether oxygens (including phenoxy) is 4. The average molecular weight is 484 g/mol. The Morgan fingerprint density at radius 1 is 0.941 bits per heavy atom. The zero-order valence-corrected chi connectivity index (χ0v) is 19.4. The van der Waals surface area contributed by atoms with Crippen LogP contribution in [0.2, 0.25) is 0 Å². The molecule has 0 saturated carbocycles. The summed E-state index contributed by atoms with van der Waals surface area (Å²) in [6, 6.07) is 23.1. The first-order valence-electron chi connectivity index (χ1n) is 10.7. The zero-order chi connectivity index (χ0) is 24.0. The number of hydrogen-bond donors (Lipinski definition) is 0. The molecule has 0 spiro atoms. The Labute approximate surface area is 198 Å². The van der Waals surface area contributed by atoms with Gasteiger partial charge in [0.25, 0.3) is 0 Å². The average Bonchev–Trinajstić information content (AvgIpc) is 3.66. The van der Waals surface area contributed by atoms with Gasteiger partial charge < -0.3 is 18.9 Å². The van der Waals surface area contributed by atoms with E-state index < -0.39 is 16.1 Å². The Balaban J connectivity index is 1.61. The van der Waals surface area contributed by atoms with Crippen LogP contribution in [0.3, 0.4) is 0 Å². The Morgan fingerprint density at radius 3 is 2.15 bits per heavy atom. The van der Waals surface area contributed by atoms with Gasteiger partial charge in [-0.1, -0.05) is 60.7 Å². The Bertz CT molecular complexity index is 1210. The summed E-state index contributed by atoms with van der Waals surface area (Å²) < 4.78 is 48.1. The van der Waals surface area contributed by atoms with E-state index in [1.807, 2.05) is 36.4 Å². The van der Waals surface area contributed by atoms with E-state index in [9.17, 15) is 13.2 Å². The number of rotatable bonds is 10. The van der Waals surface area contributed by atoms with Crippen molar-refractivity contribution < 1.29 is 32.2 Å². The van der Waals surface area contributed by atoms with E-state index in [2.05, 4.69) is 0 Å². The van der Waals surface area contributed by atoms with E-state index in [4.69, 9.17) is 18.9 Å². The minimum atomic E-state index is -4.06. The van der Waals surface area contributed by atoms with Gasteiger partial charge in [-0.15, -0.1) is 0 Å². The van der Waals surface area contributed by atoms with Crippen molar-refractivity contribution in [2.75, 3.05) is 23.8 Å². The fraction of sp³-hybridized carbons (Fsp3) is 0.240. The van der Waals surface area contributed by atoms with Crippen molar-refractivity contribution in [2.45, 2.75) is 19.3 Å². The van der Waals surface area contributed by atoms with Gasteiger partial charge >= 0.3 is 6.09 Å². The quantitative estimate of drug-likeness (QED) is 0.400. The van der Waals surface area contributed by atoms with Gasteiger partial charge in [-0.25, -0.2) is 13.2 Å². The largest absolute Gasteiger partial charge is 0.491 e. The minimum Gasteiger partial charge on any atom is -0.491 e. The fourth-order valence-electron chi connectivity index (χ4n) is 3.15. The molecular formula is C25H25NO7S. The molecule has 0 unspecified atom stereocenters. The van der Waals surface area contributed by atoms with Gasteiger partial charge in [-0.05, 0) is 23.3 Å². The van der Waals surface area contributed by atoms with Gasteiger partial charge in [-0.3, -0.25) is 0 Å². The number of anilines is 1. The summed E-state index contributed by atoms with van der Waals surface area (Å²) in [5.74, 6) is 0.572. The molecule has 178 valence electrons. The first kappa shape index (κ1) is 23.6. The topological polar surface area (TPSA) is 94.7 Å². The van der Waals surface area contributed by atoms with Crippen LogP contribution in [0.25, 0.3) is 0 Å². The highest BCUT2D eigenvalue weighted by molar-refractivity contribution is 7.92. The van der Waals surface area contributed by atoms with Crippen molar-refractivity contribution in [3.05, 3.63) is 90.0 Å². The predicted octanol–water partition coefficient (Wildman–Crippen LogP) is 4.15. The van der Waals surface area contributed by atoms with Gasteiger partial charge in [0.2, 0.25) is 10.0 Å². The molecule has 1 amide bonds. The molecule has 1 atom stereocenters. The molecule has 1 aliphatic rings. The van der Waals surface area contributed by atoms with Crippen molar-refractivity contribution >= 4 is 21.8 Å². The predicted molar refractivity (Wildman–Crippen MR) is 126 cm³/mol. The lowest BCUT2D eigenvalue weighted by molar-refractivity contribution is 0.151. The summed E-state index contributed by atoms with van der Waals surface area (Å²) in [5.41, 5.74) is 1.62. The van der Waals surface area contributed by atoms with Crippen molar-refractivity contribution in [2.24, 2.45) is 0 Å². The van der Waals surface area contributed by atoms with Crippen molar-refractivity contribution in [3.8, 4) is 11.5 Å². The fourth-order valence-corrected chi connectivity index (χ4v) is 3.97. The van der Waals surface area contributed by atoms with Crippen LogP contribution in [-0.2, 0) is 32.7 Å². The molecular weight excluding hydrogens is 458 g/mol. The van der Waals surface area contributed by atoms with E-state index in [0.29, 0.717) is 23.3 Å². The number of amides is 1. The molecule has 1 heterocycles. The van der Waals surface area contributed by atoms with Crippen LogP contribution in [0.15, 0.2) is 78.9 Å². The Kier molecular flexibility index (Phi) is 7.34. The summed E-state index contributed by atoms with van der Waals surface area (Å²) >= 11 is 0. The third-order valence-electron chi connectivity index (χ3n) is 4.93. The summed E-state index contributed by atoms with van der Waals surface area (Å²) in [7, 11) is -4.06. The second-order valence-corrected chi connectivity index (χ2v) is 9.57. The SMILES string of the molecule is CS(=O)(=O)N(C(=O)OCc1ccccc1)c1cc(OC[C@H]2CO2)ccc1OCc1ccccc1. The van der Waals surface area contributed by atoms with Crippen LogP contribution >= 0.6 is 0 Å². The molecule has 1 aliphatic heterocycles. The molecule has 9 heteroatoms. The number of carbonyl (C=O) groups is 1. The molecule has 0 radical (unpaired) electrons. The van der Waals surface area contributed by atoms with Crippen LogP contribution in [0.5, 0.6) is 11.5 Å². The molecule has 34 heavy (non-hydrogen) atoms. The van der Waals surface area contributed by atoms with Crippen molar-refractivity contribution in [3.63, 3.8) is 0 Å². The highest BCUT2D eigenvalue weighted by atomic mass is 32.2. The lowest BCUT2D eigenvalue weighted by Gasteiger charge is -2.23. The van der Waals surface area contributed by atoms with Gasteiger partial charge in [0.05, 0.1) is 12.9 Å². The van der Waals surface area contributed by atoms with Crippen molar-refractivity contribution in [1.82, 2.24) is 0 Å². The highest BCUT2D eigenvalue weighted by Crippen LogP contribution is 2.35. The standard InChI is InChI=1S/C25H25NO7S/c1-34(28,29)26(25(27)33-16-20-10-6-3-7-11-20)23-14-21(30-17-22-18-31-22)12-13-24(23)32-15-19-8-4-2-5-9-19/h2-14,22H,15-18H2,1H3/t22-/m0/s1. The molecule has 8 nitrogen and oxygen atoms in total. The number of benzene rings is 3. The van der Waals surface area contributed by atoms with Gasteiger partial charge in [-0.2, -0.15) is 4.31 Å². The number of epoxide rings is 1. The third kappa shape index (κ3) is 6.49. The molecule has 0 bridgehead atoms. The zero-order valence-electron chi connectivity index (χ0n) is 18.6. The maximum atomic E-state index is 13.0. The number of sulfonamides is 1. The third-order valence-corrected chi connectivity index (χ3v) is 5.94.